The van der Waals surface area contributed by atoms with Gasteiger partial charge in [-0.25, -0.2) is 4.39 Å². The van der Waals surface area contributed by atoms with Crippen LogP contribution in [0, 0.1) is 11.7 Å². The van der Waals surface area contributed by atoms with Crippen LogP contribution in [0.25, 0.3) is 0 Å². The fourth-order valence-electron chi connectivity index (χ4n) is 2.73. The summed E-state index contributed by atoms with van der Waals surface area (Å²) in [7, 11) is 1.86. The third-order valence-corrected chi connectivity index (χ3v) is 4.00. The molecule has 1 aromatic carbocycles. The summed E-state index contributed by atoms with van der Waals surface area (Å²) in [5, 5.41) is 3.36. The maximum atomic E-state index is 12.8. The van der Waals surface area contributed by atoms with Gasteiger partial charge in [0.15, 0.2) is 0 Å². The molecule has 1 aromatic rings. The zero-order valence-electron chi connectivity index (χ0n) is 12.2. The third-order valence-electron chi connectivity index (χ3n) is 4.00. The van der Waals surface area contributed by atoms with Crippen molar-refractivity contribution in [1.82, 2.24) is 10.2 Å². The number of hydrogen-bond donors (Lipinski definition) is 1. The Morgan fingerprint density at radius 2 is 2.10 bits per heavy atom. The Bertz CT molecular complexity index is 446. The number of carbonyl (C=O) groups excluding carboxylic acids is 1. The lowest BCUT2D eigenvalue weighted by atomic mass is 9.92. The molecule has 0 radical (unpaired) electrons. The van der Waals surface area contributed by atoms with Gasteiger partial charge < -0.3 is 10.2 Å². The first-order valence-electron chi connectivity index (χ1n) is 7.29. The van der Waals surface area contributed by atoms with Gasteiger partial charge in [-0.2, -0.15) is 0 Å². The molecule has 0 aliphatic carbocycles. The highest BCUT2D eigenvalue weighted by Gasteiger charge is 2.26. The molecule has 110 valence electrons. The molecule has 3 nitrogen and oxygen atoms in total. The Morgan fingerprint density at radius 1 is 1.40 bits per heavy atom. The van der Waals surface area contributed by atoms with E-state index in [1.807, 2.05) is 11.9 Å². The van der Waals surface area contributed by atoms with E-state index in [1.54, 1.807) is 12.1 Å². The van der Waals surface area contributed by atoms with Crippen molar-refractivity contribution < 1.29 is 9.18 Å². The Labute approximate surface area is 120 Å². The van der Waals surface area contributed by atoms with Gasteiger partial charge in [0.2, 0.25) is 5.91 Å². The number of carbonyl (C=O) groups is 1. The van der Waals surface area contributed by atoms with E-state index in [4.69, 9.17) is 0 Å². The minimum atomic E-state index is -0.220. The Balaban J connectivity index is 1.83. The topological polar surface area (TPSA) is 32.3 Å². The van der Waals surface area contributed by atoms with Crippen molar-refractivity contribution in [2.24, 2.45) is 5.92 Å². The number of rotatable bonds is 4. The highest BCUT2D eigenvalue weighted by molar-refractivity contribution is 5.78. The van der Waals surface area contributed by atoms with Crippen molar-refractivity contribution in [2.75, 3.05) is 20.1 Å². The van der Waals surface area contributed by atoms with Crippen LogP contribution >= 0.6 is 0 Å². The largest absolute Gasteiger partial charge is 0.345 e. The van der Waals surface area contributed by atoms with Gasteiger partial charge >= 0.3 is 0 Å². The van der Waals surface area contributed by atoms with Crippen LogP contribution in [0.4, 0.5) is 4.39 Å². The van der Waals surface area contributed by atoms with Gasteiger partial charge in [0.05, 0.1) is 0 Å². The van der Waals surface area contributed by atoms with Crippen LogP contribution in [-0.2, 0) is 11.2 Å². The average molecular weight is 278 g/mol. The predicted molar refractivity (Wildman–Crippen MR) is 77.9 cm³/mol. The van der Waals surface area contributed by atoms with Gasteiger partial charge in [-0.15, -0.1) is 0 Å². The number of nitrogens with one attached hydrogen (secondary N) is 1. The van der Waals surface area contributed by atoms with Crippen molar-refractivity contribution in [2.45, 2.75) is 32.2 Å². The number of benzene rings is 1. The van der Waals surface area contributed by atoms with Crippen LogP contribution in [0.1, 0.15) is 25.3 Å². The van der Waals surface area contributed by atoms with Crippen molar-refractivity contribution >= 4 is 5.91 Å². The second-order valence-electron chi connectivity index (χ2n) is 5.71. The molecule has 2 atom stereocenters. The molecule has 1 fully saturated rings. The highest BCUT2D eigenvalue weighted by Crippen LogP contribution is 2.18. The standard InChI is InChI=1S/C16H23FN2O/c1-12-11-14(7-9-18-12)16(20)19(2)10-8-13-3-5-15(17)6-4-13/h3-6,12,14,18H,7-11H2,1-2H3/t12-,14-/m0/s1. The first-order valence-corrected chi connectivity index (χ1v) is 7.29. The van der Waals surface area contributed by atoms with E-state index in [2.05, 4.69) is 12.2 Å². The van der Waals surface area contributed by atoms with E-state index in [-0.39, 0.29) is 17.6 Å². The van der Waals surface area contributed by atoms with E-state index in [9.17, 15) is 9.18 Å². The molecule has 0 spiro atoms. The zero-order chi connectivity index (χ0) is 14.5. The zero-order valence-corrected chi connectivity index (χ0v) is 12.2. The molecule has 4 heteroatoms. The maximum Gasteiger partial charge on any atom is 0.225 e. The van der Waals surface area contributed by atoms with E-state index in [0.29, 0.717) is 12.6 Å². The summed E-state index contributed by atoms with van der Waals surface area (Å²) in [6.07, 6.45) is 2.60. The van der Waals surface area contributed by atoms with Crippen molar-refractivity contribution in [3.63, 3.8) is 0 Å². The summed E-state index contributed by atoms with van der Waals surface area (Å²) in [6, 6.07) is 6.90. The quantitative estimate of drug-likeness (QED) is 0.916. The van der Waals surface area contributed by atoms with Crippen LogP contribution in [0.5, 0.6) is 0 Å². The molecule has 0 aromatic heterocycles. The molecule has 0 bridgehead atoms. The van der Waals surface area contributed by atoms with Gasteiger partial charge in [-0.3, -0.25) is 4.79 Å². The van der Waals surface area contributed by atoms with Crippen LogP contribution in [0.2, 0.25) is 0 Å². The molecule has 1 amide bonds. The van der Waals surface area contributed by atoms with Crippen LogP contribution in [-0.4, -0.2) is 37.0 Å². The minimum absolute atomic E-state index is 0.143. The molecule has 1 N–H and O–H groups in total. The minimum Gasteiger partial charge on any atom is -0.345 e. The summed E-state index contributed by atoms with van der Waals surface area (Å²) >= 11 is 0. The maximum absolute atomic E-state index is 12.8. The predicted octanol–water partition coefficient (Wildman–Crippen LogP) is 2.21. The van der Waals surface area contributed by atoms with Crippen molar-refractivity contribution in [3.8, 4) is 0 Å². The number of likely N-dealkylation sites (N-methyl/N-ethyl adjacent to an activating group) is 1. The summed E-state index contributed by atoms with van der Waals surface area (Å²) < 4.78 is 12.8. The number of nitrogens with zero attached hydrogens (tertiary/aromatic N) is 1. The van der Waals surface area contributed by atoms with Crippen molar-refractivity contribution in [3.05, 3.63) is 35.6 Å². The van der Waals surface area contributed by atoms with Crippen LogP contribution in [0.15, 0.2) is 24.3 Å². The molecule has 2 rings (SSSR count). The smallest absolute Gasteiger partial charge is 0.225 e. The van der Waals surface area contributed by atoms with E-state index >= 15 is 0 Å². The summed E-state index contributed by atoms with van der Waals surface area (Å²) in [5.41, 5.74) is 1.06. The first-order chi connectivity index (χ1) is 9.56. The number of hydrogen-bond acceptors (Lipinski definition) is 2. The molecule has 1 heterocycles. The number of piperidine rings is 1. The van der Waals surface area contributed by atoms with Crippen LogP contribution < -0.4 is 5.32 Å². The lowest BCUT2D eigenvalue weighted by Gasteiger charge is -2.30. The molecular formula is C16H23FN2O. The third kappa shape index (κ3) is 4.04. The van der Waals surface area contributed by atoms with Gasteiger partial charge in [-0.05, 0) is 50.4 Å². The fraction of sp³-hybridized carbons (Fsp3) is 0.562. The van der Waals surface area contributed by atoms with E-state index in [1.165, 1.54) is 12.1 Å². The van der Waals surface area contributed by atoms with E-state index < -0.39 is 0 Å². The second-order valence-corrected chi connectivity index (χ2v) is 5.71. The second kappa shape index (κ2) is 6.84. The molecular weight excluding hydrogens is 255 g/mol. The fourth-order valence-corrected chi connectivity index (χ4v) is 2.73. The molecule has 0 saturated carbocycles. The van der Waals surface area contributed by atoms with Gasteiger partial charge in [-0.1, -0.05) is 12.1 Å². The van der Waals surface area contributed by atoms with Gasteiger partial charge in [0.1, 0.15) is 5.82 Å². The Kier molecular flexibility index (Phi) is 5.12. The molecule has 1 aliphatic heterocycles. The molecule has 1 aliphatic rings. The van der Waals surface area contributed by atoms with E-state index in [0.717, 1.165) is 31.4 Å². The average Bonchev–Trinajstić information content (AvgIpc) is 2.45. The Morgan fingerprint density at radius 3 is 2.75 bits per heavy atom. The lowest BCUT2D eigenvalue weighted by Crippen LogP contribution is -2.43. The highest BCUT2D eigenvalue weighted by atomic mass is 19.1. The monoisotopic (exact) mass is 278 g/mol. The SMILES string of the molecule is C[C@H]1C[C@@H](C(=O)N(C)CCc2ccc(F)cc2)CCN1. The first kappa shape index (κ1) is 15.0. The summed E-state index contributed by atoms with van der Waals surface area (Å²) in [5.74, 6) is 0.159. The normalized spacial score (nSPS) is 22.6. The lowest BCUT2D eigenvalue weighted by molar-refractivity contribution is -0.135. The Hall–Kier alpha value is -1.42. The number of amides is 1. The summed E-state index contributed by atoms with van der Waals surface area (Å²) in [4.78, 5) is 14.2. The summed E-state index contributed by atoms with van der Waals surface area (Å²) in [6.45, 7) is 3.73. The number of halogens is 1. The molecule has 20 heavy (non-hydrogen) atoms. The van der Waals surface area contributed by atoms with Gasteiger partial charge in [0.25, 0.3) is 0 Å². The molecule has 0 unspecified atom stereocenters. The molecule has 1 saturated heterocycles. The van der Waals surface area contributed by atoms with Gasteiger partial charge in [0, 0.05) is 25.6 Å². The van der Waals surface area contributed by atoms with Crippen molar-refractivity contribution in [1.29, 1.82) is 0 Å². The van der Waals surface area contributed by atoms with Crippen LogP contribution in [0.3, 0.4) is 0 Å².